The second-order valence-corrected chi connectivity index (χ2v) is 5.80. The fourth-order valence-corrected chi connectivity index (χ4v) is 2.15. The van der Waals surface area contributed by atoms with Gasteiger partial charge >= 0.3 is 0 Å². The Kier molecular flexibility index (Phi) is 5.74. The van der Waals surface area contributed by atoms with E-state index in [4.69, 9.17) is 9.57 Å². The van der Waals surface area contributed by atoms with Crippen LogP contribution in [0.1, 0.15) is 25.3 Å². The predicted molar refractivity (Wildman–Crippen MR) is 68.7 cm³/mol. The van der Waals surface area contributed by atoms with Crippen molar-refractivity contribution in [2.75, 3.05) is 20.3 Å². The van der Waals surface area contributed by atoms with E-state index in [0.717, 1.165) is 5.56 Å². The maximum atomic E-state index is 11.8. The zero-order chi connectivity index (χ0) is 13.6. The summed E-state index contributed by atoms with van der Waals surface area (Å²) in [7, 11) is -2.09. The van der Waals surface area contributed by atoms with Crippen LogP contribution in [0.5, 0.6) is 0 Å². The second-order valence-electron chi connectivity index (χ2n) is 4.15. The Hall–Kier alpha value is -0.950. The van der Waals surface area contributed by atoms with Crippen LogP contribution in [0.4, 0.5) is 0 Å². The van der Waals surface area contributed by atoms with Crippen LogP contribution in [-0.4, -0.2) is 28.7 Å². The summed E-state index contributed by atoms with van der Waals surface area (Å²) in [5.74, 6) is 0.368. The maximum Gasteiger partial charge on any atom is 0.262 e. The van der Waals surface area contributed by atoms with Gasteiger partial charge in [-0.1, -0.05) is 30.9 Å². The van der Waals surface area contributed by atoms with E-state index in [2.05, 4.69) is 18.7 Å². The fourth-order valence-electron chi connectivity index (χ4n) is 1.32. The number of benzene rings is 1. The number of sulfonamides is 1. The molecule has 0 aliphatic rings. The highest BCUT2D eigenvalue weighted by atomic mass is 32.2. The lowest BCUT2D eigenvalue weighted by Crippen LogP contribution is -2.25. The summed E-state index contributed by atoms with van der Waals surface area (Å²) in [6, 6.07) is 6.73. The summed E-state index contributed by atoms with van der Waals surface area (Å²) in [4.78, 5) is 7.04. The first-order valence-corrected chi connectivity index (χ1v) is 7.18. The zero-order valence-corrected chi connectivity index (χ0v) is 11.7. The first kappa shape index (κ1) is 15.1. The summed E-state index contributed by atoms with van der Waals surface area (Å²) in [5, 5.41) is 0. The third-order valence-electron chi connectivity index (χ3n) is 2.42. The summed E-state index contributed by atoms with van der Waals surface area (Å²) < 4.78 is 28.3. The maximum absolute atomic E-state index is 11.8. The van der Waals surface area contributed by atoms with Gasteiger partial charge in [0.15, 0.2) is 0 Å². The van der Waals surface area contributed by atoms with E-state index in [0.29, 0.717) is 12.5 Å². The molecule has 18 heavy (non-hydrogen) atoms. The highest BCUT2D eigenvalue weighted by Crippen LogP contribution is 2.17. The molecule has 0 spiro atoms. The highest BCUT2D eigenvalue weighted by Gasteiger charge is 2.14. The number of methoxy groups -OCH3 is 1. The average molecular weight is 273 g/mol. The summed E-state index contributed by atoms with van der Waals surface area (Å²) in [6.07, 6.45) is 0. The van der Waals surface area contributed by atoms with Gasteiger partial charge in [-0.25, -0.2) is 8.42 Å². The SMILES string of the molecule is COCCONS(=O)(=O)c1ccc(C(C)C)cc1. The highest BCUT2D eigenvalue weighted by molar-refractivity contribution is 7.89. The zero-order valence-electron chi connectivity index (χ0n) is 10.8. The van der Waals surface area contributed by atoms with Crippen molar-refractivity contribution >= 4 is 10.0 Å². The molecule has 102 valence electrons. The molecule has 6 heteroatoms. The Morgan fingerprint density at radius 3 is 2.28 bits per heavy atom. The molecule has 0 heterocycles. The van der Waals surface area contributed by atoms with Crippen LogP contribution in [0.2, 0.25) is 0 Å². The van der Waals surface area contributed by atoms with E-state index in [1.807, 2.05) is 0 Å². The van der Waals surface area contributed by atoms with Gasteiger partial charge in [-0.3, -0.25) is 4.84 Å². The molecule has 0 unspecified atom stereocenters. The van der Waals surface area contributed by atoms with Crippen molar-refractivity contribution in [2.24, 2.45) is 0 Å². The third-order valence-corrected chi connectivity index (χ3v) is 3.65. The Balaban J connectivity index is 2.67. The Morgan fingerprint density at radius 1 is 1.17 bits per heavy atom. The van der Waals surface area contributed by atoms with Gasteiger partial charge in [0.25, 0.3) is 10.0 Å². The fraction of sp³-hybridized carbons (Fsp3) is 0.500. The van der Waals surface area contributed by atoms with Crippen LogP contribution in [0, 0.1) is 0 Å². The molecule has 0 radical (unpaired) electrons. The smallest absolute Gasteiger partial charge is 0.262 e. The topological polar surface area (TPSA) is 64.6 Å². The predicted octanol–water partition coefficient (Wildman–Crippen LogP) is 1.67. The minimum atomic E-state index is -3.61. The Labute approximate surface area is 108 Å². The Morgan fingerprint density at radius 2 is 1.78 bits per heavy atom. The van der Waals surface area contributed by atoms with Crippen LogP contribution in [-0.2, 0) is 19.6 Å². The molecule has 0 saturated carbocycles. The van der Waals surface area contributed by atoms with Crippen molar-refractivity contribution in [1.29, 1.82) is 0 Å². The number of hydrogen-bond acceptors (Lipinski definition) is 4. The van der Waals surface area contributed by atoms with Crippen molar-refractivity contribution in [3.05, 3.63) is 29.8 Å². The molecule has 0 fully saturated rings. The quantitative estimate of drug-likeness (QED) is 0.606. The minimum Gasteiger partial charge on any atom is -0.382 e. The third kappa shape index (κ3) is 4.38. The Bertz CT molecular complexity index is 453. The molecule has 1 N–H and O–H groups in total. The van der Waals surface area contributed by atoms with E-state index in [1.54, 1.807) is 24.3 Å². The van der Waals surface area contributed by atoms with Crippen molar-refractivity contribution in [3.8, 4) is 0 Å². The van der Waals surface area contributed by atoms with Gasteiger partial charge in [-0.05, 0) is 23.6 Å². The molecule has 5 nitrogen and oxygen atoms in total. The molecule has 1 rings (SSSR count). The molecular weight excluding hydrogens is 254 g/mol. The van der Waals surface area contributed by atoms with Crippen LogP contribution in [0.15, 0.2) is 29.2 Å². The van der Waals surface area contributed by atoms with Crippen molar-refractivity contribution < 1.29 is 18.0 Å². The van der Waals surface area contributed by atoms with Crippen LogP contribution < -0.4 is 4.89 Å². The lowest BCUT2D eigenvalue weighted by Gasteiger charge is -2.09. The summed E-state index contributed by atoms with van der Waals surface area (Å²) in [6.45, 7) is 4.60. The standard InChI is InChI=1S/C12H19NO4S/c1-10(2)11-4-6-12(7-5-11)18(14,15)13-17-9-8-16-3/h4-7,10,13H,8-9H2,1-3H3. The normalized spacial score (nSPS) is 12.0. The molecule has 0 bridgehead atoms. The molecule has 1 aromatic rings. The first-order chi connectivity index (χ1) is 8.47. The van der Waals surface area contributed by atoms with Gasteiger partial charge < -0.3 is 4.74 Å². The van der Waals surface area contributed by atoms with Crippen LogP contribution in [0.3, 0.4) is 0 Å². The molecule has 0 aliphatic carbocycles. The van der Waals surface area contributed by atoms with Gasteiger partial charge in [0.1, 0.15) is 0 Å². The van der Waals surface area contributed by atoms with Gasteiger partial charge in [0.2, 0.25) is 0 Å². The van der Waals surface area contributed by atoms with E-state index >= 15 is 0 Å². The number of hydrogen-bond donors (Lipinski definition) is 1. The number of nitrogens with one attached hydrogen (secondary N) is 1. The molecular formula is C12H19NO4S. The van der Waals surface area contributed by atoms with Gasteiger partial charge in [-0.15, -0.1) is 0 Å². The van der Waals surface area contributed by atoms with E-state index < -0.39 is 10.0 Å². The van der Waals surface area contributed by atoms with Gasteiger partial charge in [0.05, 0.1) is 18.1 Å². The van der Waals surface area contributed by atoms with E-state index in [1.165, 1.54) is 7.11 Å². The lowest BCUT2D eigenvalue weighted by atomic mass is 10.0. The second kappa shape index (κ2) is 6.84. The van der Waals surface area contributed by atoms with Crippen molar-refractivity contribution in [2.45, 2.75) is 24.7 Å². The largest absolute Gasteiger partial charge is 0.382 e. The molecule has 0 amide bonds. The van der Waals surface area contributed by atoms with E-state index in [-0.39, 0.29) is 11.5 Å². The average Bonchev–Trinajstić information content (AvgIpc) is 2.35. The van der Waals surface area contributed by atoms with Crippen molar-refractivity contribution in [3.63, 3.8) is 0 Å². The summed E-state index contributed by atoms with van der Waals surface area (Å²) in [5.41, 5.74) is 1.09. The minimum absolute atomic E-state index is 0.166. The lowest BCUT2D eigenvalue weighted by molar-refractivity contribution is 0.0438. The molecule has 0 aliphatic heterocycles. The molecule has 0 atom stereocenters. The first-order valence-electron chi connectivity index (χ1n) is 5.70. The monoisotopic (exact) mass is 273 g/mol. The van der Waals surface area contributed by atoms with E-state index in [9.17, 15) is 8.42 Å². The van der Waals surface area contributed by atoms with Gasteiger partial charge in [0, 0.05) is 7.11 Å². The van der Waals surface area contributed by atoms with Crippen molar-refractivity contribution in [1.82, 2.24) is 4.89 Å². The van der Waals surface area contributed by atoms with Gasteiger partial charge in [-0.2, -0.15) is 0 Å². The molecule has 0 aromatic heterocycles. The van der Waals surface area contributed by atoms with Crippen LogP contribution >= 0.6 is 0 Å². The summed E-state index contributed by atoms with van der Waals surface area (Å²) >= 11 is 0. The molecule has 0 saturated heterocycles. The number of ether oxygens (including phenoxy) is 1. The molecule has 1 aromatic carbocycles. The number of rotatable bonds is 7. The van der Waals surface area contributed by atoms with Crippen LogP contribution in [0.25, 0.3) is 0 Å².